The topological polar surface area (TPSA) is 58.6 Å². The van der Waals surface area contributed by atoms with Crippen molar-refractivity contribution in [1.82, 2.24) is 0 Å². The van der Waals surface area contributed by atoms with Crippen molar-refractivity contribution in [1.29, 1.82) is 0 Å². The van der Waals surface area contributed by atoms with Gasteiger partial charge in [-0.3, -0.25) is 0 Å². The lowest BCUT2D eigenvalue weighted by Gasteiger charge is -2.29. The van der Waals surface area contributed by atoms with Gasteiger partial charge in [-0.05, 0) is 29.8 Å². The molecule has 146 valence electrons. The molecule has 3 rings (SSSR count). The summed E-state index contributed by atoms with van der Waals surface area (Å²) >= 11 is 0. The van der Waals surface area contributed by atoms with Crippen LogP contribution >= 0.6 is 0 Å². The Morgan fingerprint density at radius 3 is 2.48 bits per heavy atom. The van der Waals surface area contributed by atoms with Crippen LogP contribution in [0.4, 0.5) is 24.5 Å². The van der Waals surface area contributed by atoms with Crippen molar-refractivity contribution < 1.29 is 26.3 Å². The van der Waals surface area contributed by atoms with Gasteiger partial charge < -0.3 is 15.0 Å². The molecule has 2 aromatic rings. The zero-order valence-electron chi connectivity index (χ0n) is 14.4. The van der Waals surface area contributed by atoms with Gasteiger partial charge in [-0.2, -0.15) is 8.78 Å². The van der Waals surface area contributed by atoms with E-state index in [0.29, 0.717) is 37.6 Å². The minimum atomic E-state index is -4.73. The van der Waals surface area contributed by atoms with Gasteiger partial charge >= 0.3 is 5.76 Å². The predicted molar refractivity (Wildman–Crippen MR) is 96.4 cm³/mol. The summed E-state index contributed by atoms with van der Waals surface area (Å²) in [6.45, 7) is 2.38. The van der Waals surface area contributed by atoms with Crippen molar-refractivity contribution in [2.24, 2.45) is 0 Å². The minimum absolute atomic E-state index is 0.0514. The number of hydrogen-bond donors (Lipinski definition) is 1. The molecule has 1 heterocycles. The lowest BCUT2D eigenvalue weighted by molar-refractivity contribution is 0.122. The Morgan fingerprint density at radius 2 is 1.81 bits per heavy atom. The van der Waals surface area contributed by atoms with E-state index in [1.807, 2.05) is 4.90 Å². The number of nitrogens with zero attached hydrogens (tertiary/aromatic N) is 1. The summed E-state index contributed by atoms with van der Waals surface area (Å²) in [5.74, 6) is -3.91. The SMILES string of the molecule is O=S(=O)(c1ccccc1NCc1ccc(N2CCOCC2)c(F)c1)C(F)F. The van der Waals surface area contributed by atoms with Gasteiger partial charge in [0.25, 0.3) is 0 Å². The second kappa shape index (κ2) is 8.18. The summed E-state index contributed by atoms with van der Waals surface area (Å²) in [5, 5.41) is 2.80. The molecule has 0 bridgehead atoms. The molecule has 1 aliphatic rings. The largest absolute Gasteiger partial charge is 0.380 e. The van der Waals surface area contributed by atoms with Crippen molar-refractivity contribution in [3.05, 3.63) is 53.8 Å². The van der Waals surface area contributed by atoms with Crippen LogP contribution in [0.5, 0.6) is 0 Å². The van der Waals surface area contributed by atoms with Crippen LogP contribution in [0.25, 0.3) is 0 Å². The maximum atomic E-state index is 14.4. The van der Waals surface area contributed by atoms with Crippen LogP contribution in [0.1, 0.15) is 5.56 Å². The molecule has 0 unspecified atom stereocenters. The molecule has 1 fully saturated rings. The van der Waals surface area contributed by atoms with Crippen molar-refractivity contribution in [3.8, 4) is 0 Å². The lowest BCUT2D eigenvalue weighted by Crippen LogP contribution is -2.36. The van der Waals surface area contributed by atoms with Gasteiger partial charge in [-0.15, -0.1) is 0 Å². The number of para-hydroxylation sites is 1. The van der Waals surface area contributed by atoms with Gasteiger partial charge in [-0.25, -0.2) is 12.8 Å². The molecule has 0 atom stereocenters. The van der Waals surface area contributed by atoms with Gasteiger partial charge in [0.15, 0.2) is 0 Å². The number of hydrogen-bond acceptors (Lipinski definition) is 5. The molecule has 0 amide bonds. The highest BCUT2D eigenvalue weighted by atomic mass is 32.2. The first kappa shape index (κ1) is 19.5. The van der Waals surface area contributed by atoms with Crippen molar-refractivity contribution in [2.45, 2.75) is 17.2 Å². The minimum Gasteiger partial charge on any atom is -0.380 e. The first-order chi connectivity index (χ1) is 12.9. The molecule has 0 aliphatic carbocycles. The maximum absolute atomic E-state index is 14.4. The molecule has 0 spiro atoms. The average Bonchev–Trinajstić information content (AvgIpc) is 2.67. The van der Waals surface area contributed by atoms with E-state index in [-0.39, 0.29) is 12.2 Å². The normalized spacial score (nSPS) is 15.2. The zero-order chi connectivity index (χ0) is 19.4. The molecule has 1 saturated heterocycles. The van der Waals surface area contributed by atoms with Crippen LogP contribution < -0.4 is 10.2 Å². The Hall–Kier alpha value is -2.26. The number of alkyl halides is 2. The van der Waals surface area contributed by atoms with Gasteiger partial charge in [-0.1, -0.05) is 18.2 Å². The summed E-state index contributed by atoms with van der Waals surface area (Å²) in [6, 6.07) is 10.1. The Bertz CT molecular complexity index is 900. The third-order valence-electron chi connectivity index (χ3n) is 4.27. The summed E-state index contributed by atoms with van der Waals surface area (Å²) in [4.78, 5) is 1.41. The second-order valence-electron chi connectivity index (χ2n) is 6.04. The highest BCUT2D eigenvalue weighted by Gasteiger charge is 2.28. The number of anilines is 2. The number of nitrogens with one attached hydrogen (secondary N) is 1. The number of halogens is 3. The molecule has 0 saturated carbocycles. The fourth-order valence-corrected chi connectivity index (χ4v) is 3.78. The summed E-state index contributed by atoms with van der Waals surface area (Å²) in [7, 11) is -4.73. The van der Waals surface area contributed by atoms with Crippen molar-refractivity contribution in [2.75, 3.05) is 36.5 Å². The molecule has 9 heteroatoms. The van der Waals surface area contributed by atoms with E-state index in [9.17, 15) is 21.6 Å². The Labute approximate surface area is 155 Å². The smallest absolute Gasteiger partial charge is 0.341 e. The summed E-state index contributed by atoms with van der Waals surface area (Å²) < 4.78 is 68.9. The average molecular weight is 400 g/mol. The van der Waals surface area contributed by atoms with E-state index in [1.54, 1.807) is 12.1 Å². The van der Waals surface area contributed by atoms with E-state index < -0.39 is 26.3 Å². The van der Waals surface area contributed by atoms with Gasteiger partial charge in [0.05, 0.1) is 29.5 Å². The highest BCUT2D eigenvalue weighted by molar-refractivity contribution is 7.91. The van der Waals surface area contributed by atoms with E-state index in [4.69, 9.17) is 4.74 Å². The fourth-order valence-electron chi connectivity index (χ4n) is 2.88. The van der Waals surface area contributed by atoms with E-state index in [2.05, 4.69) is 5.32 Å². The summed E-state index contributed by atoms with van der Waals surface area (Å²) in [5.41, 5.74) is 1.09. The first-order valence-corrected chi connectivity index (χ1v) is 9.90. The van der Waals surface area contributed by atoms with E-state index in [0.717, 1.165) is 6.07 Å². The van der Waals surface area contributed by atoms with Crippen LogP contribution in [0, 0.1) is 5.82 Å². The standard InChI is InChI=1S/C18H19F3N2O3S/c19-14-11-13(5-6-16(14)23-7-9-26-10-8-23)12-22-15-3-1-2-4-17(15)27(24,25)18(20)21/h1-6,11,18,22H,7-10,12H2. The quantitative estimate of drug-likeness (QED) is 0.807. The van der Waals surface area contributed by atoms with Crippen molar-refractivity contribution >= 4 is 21.2 Å². The molecule has 1 N–H and O–H groups in total. The molecule has 2 aromatic carbocycles. The molecule has 0 aromatic heterocycles. The molecular weight excluding hydrogens is 381 g/mol. The predicted octanol–water partition coefficient (Wildman–Crippen LogP) is 3.27. The Morgan fingerprint density at radius 1 is 1.11 bits per heavy atom. The number of rotatable bonds is 6. The Balaban J connectivity index is 1.75. The first-order valence-electron chi connectivity index (χ1n) is 8.35. The number of sulfone groups is 1. The Kier molecular flexibility index (Phi) is 5.91. The van der Waals surface area contributed by atoms with Gasteiger partial charge in [0.1, 0.15) is 5.82 Å². The van der Waals surface area contributed by atoms with Gasteiger partial charge in [0, 0.05) is 19.6 Å². The second-order valence-corrected chi connectivity index (χ2v) is 7.93. The maximum Gasteiger partial charge on any atom is 0.341 e. The highest BCUT2D eigenvalue weighted by Crippen LogP contribution is 2.27. The molecule has 1 aliphatic heterocycles. The van der Waals surface area contributed by atoms with Gasteiger partial charge in [0.2, 0.25) is 9.84 Å². The molecular formula is C18H19F3N2O3S. The van der Waals surface area contributed by atoms with Crippen LogP contribution in [0.15, 0.2) is 47.4 Å². The summed E-state index contributed by atoms with van der Waals surface area (Å²) in [6.07, 6.45) is 0. The fraction of sp³-hybridized carbons (Fsp3) is 0.333. The number of benzene rings is 2. The number of morpholine rings is 1. The van der Waals surface area contributed by atoms with Crippen LogP contribution in [0.2, 0.25) is 0 Å². The van der Waals surface area contributed by atoms with Crippen LogP contribution in [-0.4, -0.2) is 40.5 Å². The third-order valence-corrected chi connectivity index (χ3v) is 5.71. The number of ether oxygens (including phenoxy) is 1. The van der Waals surface area contributed by atoms with E-state index in [1.165, 1.54) is 24.3 Å². The molecule has 27 heavy (non-hydrogen) atoms. The van der Waals surface area contributed by atoms with Crippen LogP contribution in [0.3, 0.4) is 0 Å². The zero-order valence-corrected chi connectivity index (χ0v) is 15.2. The third kappa shape index (κ3) is 4.36. The lowest BCUT2D eigenvalue weighted by atomic mass is 10.1. The van der Waals surface area contributed by atoms with Crippen molar-refractivity contribution in [3.63, 3.8) is 0 Å². The monoisotopic (exact) mass is 400 g/mol. The van der Waals surface area contributed by atoms with E-state index >= 15 is 0 Å². The molecule has 5 nitrogen and oxygen atoms in total. The van der Waals surface area contributed by atoms with Crippen LogP contribution in [-0.2, 0) is 21.1 Å². The molecule has 0 radical (unpaired) electrons.